The summed E-state index contributed by atoms with van der Waals surface area (Å²) in [7, 11) is 1.54. The van der Waals surface area contributed by atoms with Crippen molar-refractivity contribution in [2.75, 3.05) is 7.05 Å². The molecule has 2 amide bonds. The van der Waals surface area contributed by atoms with Crippen molar-refractivity contribution in [1.29, 1.82) is 0 Å². The zero-order valence-electron chi connectivity index (χ0n) is 19.8. The third-order valence-electron chi connectivity index (χ3n) is 5.70. The number of benzene rings is 3. The zero-order chi connectivity index (χ0) is 25.7. The minimum absolute atomic E-state index is 0.247. The lowest BCUT2D eigenvalue weighted by molar-refractivity contribution is -0.108. The van der Waals surface area contributed by atoms with Gasteiger partial charge in [-0.15, -0.1) is 0 Å². The van der Waals surface area contributed by atoms with Gasteiger partial charge in [0.1, 0.15) is 11.6 Å². The summed E-state index contributed by atoms with van der Waals surface area (Å²) in [5, 5.41) is 5.91. The number of halogens is 2. The lowest BCUT2D eigenvalue weighted by Crippen LogP contribution is -2.18. The quantitative estimate of drug-likeness (QED) is 0.274. The molecule has 0 radical (unpaired) electrons. The van der Waals surface area contributed by atoms with Crippen LogP contribution in [0.5, 0.6) is 0 Å². The number of aryl methyl sites for hydroxylation is 1. The van der Waals surface area contributed by atoms with Crippen LogP contribution in [0.2, 0.25) is 0 Å². The molecule has 0 saturated carbocycles. The van der Waals surface area contributed by atoms with Gasteiger partial charge < -0.3 is 15.2 Å². The van der Waals surface area contributed by atoms with Gasteiger partial charge in [0.2, 0.25) is 6.41 Å². The summed E-state index contributed by atoms with van der Waals surface area (Å²) in [4.78, 5) is 27.3. The maximum absolute atomic E-state index is 14.5. The van der Waals surface area contributed by atoms with E-state index >= 15 is 0 Å². The van der Waals surface area contributed by atoms with Crippen LogP contribution in [0, 0.1) is 18.6 Å². The van der Waals surface area contributed by atoms with Gasteiger partial charge in [-0.05, 0) is 66.6 Å². The maximum Gasteiger partial charge on any atom is 0.251 e. The predicted octanol–water partition coefficient (Wildman–Crippen LogP) is 4.93. The van der Waals surface area contributed by atoms with Crippen LogP contribution in [0.4, 0.5) is 8.78 Å². The number of carbonyl (C=O) groups excluding carboxylic acids is 2. The average Bonchev–Trinajstić information content (AvgIpc) is 3.20. The van der Waals surface area contributed by atoms with Crippen molar-refractivity contribution < 1.29 is 18.4 Å². The number of hydrogen-bond acceptors (Lipinski definition) is 3. The summed E-state index contributed by atoms with van der Waals surface area (Å²) in [5.74, 6) is -0.970. The van der Waals surface area contributed by atoms with Crippen LogP contribution in [-0.4, -0.2) is 30.1 Å². The van der Waals surface area contributed by atoms with Gasteiger partial charge in [0.05, 0.1) is 17.4 Å². The number of nitrogens with zero attached hydrogens (tertiary/aromatic N) is 2. The fourth-order valence-electron chi connectivity index (χ4n) is 3.99. The Hall–Kier alpha value is -4.59. The van der Waals surface area contributed by atoms with Gasteiger partial charge in [0, 0.05) is 48.1 Å². The van der Waals surface area contributed by atoms with Crippen molar-refractivity contribution in [2.24, 2.45) is 4.99 Å². The summed E-state index contributed by atoms with van der Waals surface area (Å²) in [6.07, 6.45) is 5.78. The molecule has 0 saturated heterocycles. The smallest absolute Gasteiger partial charge is 0.251 e. The number of aromatic nitrogens is 1. The van der Waals surface area contributed by atoms with Crippen LogP contribution in [0.1, 0.15) is 27.0 Å². The van der Waals surface area contributed by atoms with Crippen molar-refractivity contribution in [1.82, 2.24) is 15.2 Å². The van der Waals surface area contributed by atoms with Crippen LogP contribution >= 0.6 is 0 Å². The molecule has 1 aromatic heterocycles. The first-order valence-corrected chi connectivity index (χ1v) is 11.2. The minimum atomic E-state index is -0.401. The van der Waals surface area contributed by atoms with Crippen LogP contribution in [0.3, 0.4) is 0 Å². The van der Waals surface area contributed by atoms with E-state index in [9.17, 15) is 18.4 Å². The molecule has 1 heterocycles. The molecule has 0 atom stereocenters. The number of nitrogens with one attached hydrogen (secondary N) is 2. The third kappa shape index (κ3) is 5.38. The lowest BCUT2D eigenvalue weighted by Gasteiger charge is -2.08. The Kier molecular flexibility index (Phi) is 7.34. The molecule has 4 aromatic rings. The first-order valence-electron chi connectivity index (χ1n) is 11.2. The highest BCUT2D eigenvalue weighted by molar-refractivity contribution is 5.95. The number of carbonyl (C=O) groups is 2. The molecule has 0 bridgehead atoms. The minimum Gasteiger partial charge on any atom is -0.355 e. The van der Waals surface area contributed by atoms with E-state index in [2.05, 4.69) is 15.6 Å². The van der Waals surface area contributed by atoms with Gasteiger partial charge >= 0.3 is 0 Å². The monoisotopic (exact) mass is 486 g/mol. The summed E-state index contributed by atoms with van der Waals surface area (Å²) < 4.78 is 30.0. The van der Waals surface area contributed by atoms with Gasteiger partial charge in [0.25, 0.3) is 5.91 Å². The second-order valence-electron chi connectivity index (χ2n) is 8.16. The second-order valence-corrected chi connectivity index (χ2v) is 8.16. The highest BCUT2D eigenvalue weighted by atomic mass is 19.1. The van der Waals surface area contributed by atoms with E-state index in [-0.39, 0.29) is 11.7 Å². The summed E-state index contributed by atoms with van der Waals surface area (Å²) in [6, 6.07) is 16.0. The summed E-state index contributed by atoms with van der Waals surface area (Å²) >= 11 is 0. The summed E-state index contributed by atoms with van der Waals surface area (Å²) in [6.45, 7) is 1.88. The number of hydrogen-bond donors (Lipinski definition) is 2. The van der Waals surface area contributed by atoms with E-state index < -0.39 is 5.82 Å². The molecular weight excluding hydrogens is 462 g/mol. The van der Waals surface area contributed by atoms with Crippen molar-refractivity contribution in [2.45, 2.75) is 13.3 Å². The Bertz CT molecular complexity index is 1500. The molecule has 182 valence electrons. The van der Waals surface area contributed by atoms with Gasteiger partial charge in [-0.1, -0.05) is 12.1 Å². The first kappa shape index (κ1) is 24.5. The van der Waals surface area contributed by atoms with Crippen LogP contribution in [-0.2, 0) is 11.2 Å². The molecule has 0 unspecified atom stereocenters. The molecule has 0 aliphatic rings. The van der Waals surface area contributed by atoms with E-state index in [0.29, 0.717) is 40.9 Å². The van der Waals surface area contributed by atoms with E-state index in [1.807, 2.05) is 23.8 Å². The highest BCUT2D eigenvalue weighted by Crippen LogP contribution is 2.26. The Balaban J connectivity index is 1.58. The predicted molar refractivity (Wildman–Crippen MR) is 137 cm³/mol. The Labute approximate surface area is 207 Å². The molecule has 4 rings (SSSR count). The van der Waals surface area contributed by atoms with Crippen molar-refractivity contribution in [3.63, 3.8) is 0 Å². The highest BCUT2D eigenvalue weighted by Gasteiger charge is 2.10. The molecule has 3 aromatic carbocycles. The molecule has 36 heavy (non-hydrogen) atoms. The first-order chi connectivity index (χ1) is 17.4. The molecule has 0 spiro atoms. The van der Waals surface area contributed by atoms with E-state index in [4.69, 9.17) is 0 Å². The van der Waals surface area contributed by atoms with Crippen molar-refractivity contribution in [3.05, 3.63) is 107 Å². The fraction of sp³-hybridized carbons (Fsp3) is 0.107. The molecule has 0 aliphatic heterocycles. The number of fused-ring (bicyclic) bond motifs is 1. The maximum atomic E-state index is 14.5. The number of aliphatic imine (C=N–C) groups is 1. The van der Waals surface area contributed by atoms with Gasteiger partial charge in [-0.25, -0.2) is 8.78 Å². The number of rotatable bonds is 8. The van der Waals surface area contributed by atoms with E-state index in [1.165, 1.54) is 37.5 Å². The average molecular weight is 487 g/mol. The Morgan fingerprint density at radius 3 is 2.61 bits per heavy atom. The molecule has 6 nitrogen and oxygen atoms in total. The second kappa shape index (κ2) is 10.8. The third-order valence-corrected chi connectivity index (χ3v) is 5.70. The fourth-order valence-corrected chi connectivity index (χ4v) is 3.99. The molecule has 0 aliphatic carbocycles. The molecule has 2 N–H and O–H groups in total. The Morgan fingerprint density at radius 2 is 1.83 bits per heavy atom. The Morgan fingerprint density at radius 1 is 1.03 bits per heavy atom. The zero-order valence-corrected chi connectivity index (χ0v) is 19.8. The number of amides is 2. The van der Waals surface area contributed by atoms with Gasteiger partial charge in [0.15, 0.2) is 0 Å². The largest absolute Gasteiger partial charge is 0.355 e. The summed E-state index contributed by atoms with van der Waals surface area (Å²) in [5.41, 5.74) is 4.44. The van der Waals surface area contributed by atoms with Crippen LogP contribution in [0.25, 0.3) is 22.3 Å². The van der Waals surface area contributed by atoms with Gasteiger partial charge in [-0.2, -0.15) is 0 Å². The lowest BCUT2D eigenvalue weighted by atomic mass is 10.1. The standard InChI is InChI=1S/C28H24F2N4O2/c1-18-16-34(27-7-6-22(29)14-25(18)27)24-11-19(10-23(30)13-24)8-9-32-15-26(33-17-35)20-4-3-5-21(12-20)28(36)31-2/h3-7,9-17H,8H2,1-2H3,(H,31,36)(H,33,35)/b26-15-,32-9?. The molecule has 8 heteroatoms. The topological polar surface area (TPSA) is 75.5 Å². The molecule has 0 fully saturated rings. The normalized spacial score (nSPS) is 11.7. The van der Waals surface area contributed by atoms with Crippen LogP contribution in [0.15, 0.2) is 78.1 Å². The SMILES string of the molecule is CNC(=O)c1cccc(/C(=C/N=CCc2cc(F)cc(-n3cc(C)c4cc(F)ccc43)c2)NC=O)c1. The van der Waals surface area contributed by atoms with Crippen molar-refractivity contribution >= 4 is 35.1 Å². The van der Waals surface area contributed by atoms with E-state index in [0.717, 1.165) is 16.5 Å². The van der Waals surface area contributed by atoms with Crippen molar-refractivity contribution in [3.8, 4) is 5.69 Å². The van der Waals surface area contributed by atoms with Crippen LogP contribution < -0.4 is 10.6 Å². The molecular formula is C28H24F2N4O2. The van der Waals surface area contributed by atoms with E-state index in [1.54, 1.807) is 36.5 Å². The van der Waals surface area contributed by atoms with Gasteiger partial charge in [-0.3, -0.25) is 14.6 Å².